The zero-order valence-electron chi connectivity index (χ0n) is 20.0. The van der Waals surface area contributed by atoms with Gasteiger partial charge < -0.3 is 14.6 Å². The minimum Gasteiger partial charge on any atom is -0.439 e. The molecule has 1 saturated carbocycles. The average molecular weight is 484 g/mol. The molecule has 0 unspecified atom stereocenters. The van der Waals surface area contributed by atoms with Crippen molar-refractivity contribution in [3.63, 3.8) is 0 Å². The van der Waals surface area contributed by atoms with Crippen LogP contribution in [-0.2, 0) is 18.3 Å². The Morgan fingerprint density at radius 2 is 1.88 bits per heavy atom. The number of rotatable bonds is 13. The van der Waals surface area contributed by atoms with E-state index >= 15 is 0 Å². The van der Waals surface area contributed by atoms with Gasteiger partial charge >= 0.3 is 0 Å². The van der Waals surface area contributed by atoms with Crippen molar-refractivity contribution < 1.29 is 14.6 Å². The van der Waals surface area contributed by atoms with E-state index in [1.54, 1.807) is 4.68 Å². The maximum absolute atomic E-state index is 10.7. The van der Waals surface area contributed by atoms with Crippen molar-refractivity contribution in [3.05, 3.63) is 65.2 Å². The number of aryl methyl sites for hydroxylation is 1. The fourth-order valence-corrected chi connectivity index (χ4v) is 4.17. The predicted octanol–water partition coefficient (Wildman–Crippen LogP) is 5.67. The molecule has 1 aliphatic carbocycles. The molecule has 1 aromatic heterocycles. The van der Waals surface area contributed by atoms with Gasteiger partial charge in [-0.25, -0.2) is 4.68 Å². The lowest BCUT2D eigenvalue weighted by molar-refractivity contribution is 0.0127. The molecule has 0 spiro atoms. The van der Waals surface area contributed by atoms with Crippen LogP contribution in [0, 0.1) is 0 Å². The van der Waals surface area contributed by atoms with E-state index in [4.69, 9.17) is 26.2 Å². The van der Waals surface area contributed by atoms with Gasteiger partial charge in [0.2, 0.25) is 5.88 Å². The van der Waals surface area contributed by atoms with E-state index in [0.29, 0.717) is 49.0 Å². The summed E-state index contributed by atoms with van der Waals surface area (Å²) in [5.41, 5.74) is 2.94. The molecule has 1 aliphatic rings. The molecule has 182 valence electrons. The van der Waals surface area contributed by atoms with Gasteiger partial charge in [0.15, 0.2) is 0 Å². The van der Waals surface area contributed by atoms with Gasteiger partial charge in [0, 0.05) is 43.4 Å². The second kappa shape index (κ2) is 11.8. The molecule has 0 aliphatic heterocycles. The number of unbranched alkanes of at least 4 members (excludes halogenated alkanes) is 1. The van der Waals surface area contributed by atoms with Crippen LogP contribution in [0.1, 0.15) is 38.2 Å². The first-order chi connectivity index (χ1) is 16.5. The highest BCUT2D eigenvalue weighted by Crippen LogP contribution is 2.37. The van der Waals surface area contributed by atoms with Gasteiger partial charge in [-0.05, 0) is 43.5 Å². The fourth-order valence-electron chi connectivity index (χ4n) is 4.04. The third kappa shape index (κ3) is 6.60. The van der Waals surface area contributed by atoms with E-state index in [-0.39, 0.29) is 0 Å². The molecule has 6 nitrogen and oxygen atoms in total. The number of nitrogens with zero attached hydrogens (tertiary/aromatic N) is 3. The maximum atomic E-state index is 10.7. The molecular weight excluding hydrogens is 450 g/mol. The second-order valence-corrected chi connectivity index (χ2v) is 9.36. The minimum absolute atomic E-state index is 0.357. The number of hydrogen-bond acceptors (Lipinski definition) is 5. The highest BCUT2D eigenvalue weighted by molar-refractivity contribution is 6.30. The Labute approximate surface area is 207 Å². The SMILES string of the molecule is CCCCOC[C@@H](O)CN(Cc1c(-c2ccccc2)nn(C)c1Oc1ccc(Cl)cc1)C1CC1. The zero-order chi connectivity index (χ0) is 23.9. The molecule has 0 amide bonds. The third-order valence-electron chi connectivity index (χ3n) is 5.99. The standard InChI is InChI=1S/C27H34ClN3O3/c1-3-4-16-33-19-23(32)17-31(22-12-13-22)18-25-26(20-8-6-5-7-9-20)29-30(2)27(25)34-24-14-10-21(28)11-15-24/h5-11,14-15,22-23,32H,3-4,12-13,16-19H2,1-2H3/t23-/m0/s1. The van der Waals surface area contributed by atoms with Crippen molar-refractivity contribution in [2.75, 3.05) is 19.8 Å². The van der Waals surface area contributed by atoms with E-state index in [1.165, 1.54) is 0 Å². The summed E-state index contributed by atoms with van der Waals surface area (Å²) < 4.78 is 13.8. The van der Waals surface area contributed by atoms with Crippen LogP contribution in [0.25, 0.3) is 11.3 Å². The largest absolute Gasteiger partial charge is 0.439 e. The van der Waals surface area contributed by atoms with E-state index in [1.807, 2.05) is 49.5 Å². The van der Waals surface area contributed by atoms with Gasteiger partial charge in [0.1, 0.15) is 11.4 Å². The van der Waals surface area contributed by atoms with Crippen LogP contribution in [0.3, 0.4) is 0 Å². The lowest BCUT2D eigenvalue weighted by Gasteiger charge is -2.25. The summed E-state index contributed by atoms with van der Waals surface area (Å²) in [6.45, 7) is 4.38. The van der Waals surface area contributed by atoms with Crippen LogP contribution in [0.5, 0.6) is 11.6 Å². The molecule has 0 radical (unpaired) electrons. The Morgan fingerprint density at radius 1 is 1.15 bits per heavy atom. The van der Waals surface area contributed by atoms with Gasteiger partial charge in [-0.3, -0.25) is 4.90 Å². The van der Waals surface area contributed by atoms with Crippen LogP contribution in [0.4, 0.5) is 0 Å². The maximum Gasteiger partial charge on any atom is 0.222 e. The molecule has 1 fully saturated rings. The summed E-state index contributed by atoms with van der Waals surface area (Å²) in [6.07, 6.45) is 3.84. The summed E-state index contributed by atoms with van der Waals surface area (Å²) in [5.74, 6) is 1.40. The van der Waals surface area contributed by atoms with Crippen molar-refractivity contribution in [1.29, 1.82) is 0 Å². The topological polar surface area (TPSA) is 59.8 Å². The molecular formula is C27H34ClN3O3. The van der Waals surface area contributed by atoms with Gasteiger partial charge in [-0.15, -0.1) is 0 Å². The zero-order valence-corrected chi connectivity index (χ0v) is 20.7. The molecule has 34 heavy (non-hydrogen) atoms. The number of aliphatic hydroxyl groups excluding tert-OH is 1. The van der Waals surface area contributed by atoms with Crippen LogP contribution in [0.2, 0.25) is 5.02 Å². The Hall–Kier alpha value is -2.38. The van der Waals surface area contributed by atoms with Gasteiger partial charge in [0.05, 0.1) is 18.3 Å². The minimum atomic E-state index is -0.532. The van der Waals surface area contributed by atoms with Crippen molar-refractivity contribution in [1.82, 2.24) is 14.7 Å². The van der Waals surface area contributed by atoms with E-state index in [9.17, 15) is 5.11 Å². The highest BCUT2D eigenvalue weighted by atomic mass is 35.5. The van der Waals surface area contributed by atoms with Crippen molar-refractivity contribution >= 4 is 11.6 Å². The smallest absolute Gasteiger partial charge is 0.222 e. The van der Waals surface area contributed by atoms with E-state index < -0.39 is 6.10 Å². The Bertz CT molecular complexity index is 1040. The van der Waals surface area contributed by atoms with Crippen molar-refractivity contribution in [2.45, 2.75) is 51.3 Å². The second-order valence-electron chi connectivity index (χ2n) is 8.92. The number of benzene rings is 2. The molecule has 0 bridgehead atoms. The first-order valence-corrected chi connectivity index (χ1v) is 12.5. The summed E-state index contributed by atoms with van der Waals surface area (Å²) >= 11 is 6.06. The molecule has 1 atom stereocenters. The van der Waals surface area contributed by atoms with Crippen LogP contribution < -0.4 is 4.74 Å². The van der Waals surface area contributed by atoms with E-state index in [0.717, 1.165) is 42.5 Å². The number of halogens is 1. The number of aromatic nitrogens is 2. The Balaban J connectivity index is 1.59. The molecule has 0 saturated heterocycles. The number of ether oxygens (including phenoxy) is 2. The first kappa shape index (κ1) is 24.7. The van der Waals surface area contributed by atoms with E-state index in [2.05, 4.69) is 24.0 Å². The molecule has 4 rings (SSSR count). The van der Waals surface area contributed by atoms with Crippen LogP contribution in [-0.4, -0.2) is 51.7 Å². The third-order valence-corrected chi connectivity index (χ3v) is 6.24. The first-order valence-electron chi connectivity index (χ1n) is 12.1. The summed E-state index contributed by atoms with van der Waals surface area (Å²) in [6, 6.07) is 18.0. The summed E-state index contributed by atoms with van der Waals surface area (Å²) in [7, 11) is 1.90. The molecule has 3 aromatic rings. The number of hydrogen-bond donors (Lipinski definition) is 1. The summed E-state index contributed by atoms with van der Waals surface area (Å²) in [5, 5.41) is 16.2. The van der Waals surface area contributed by atoms with Gasteiger partial charge in [-0.2, -0.15) is 5.10 Å². The van der Waals surface area contributed by atoms with Crippen LogP contribution >= 0.6 is 11.6 Å². The Morgan fingerprint density at radius 3 is 2.56 bits per heavy atom. The Kier molecular flexibility index (Phi) is 8.62. The number of aliphatic hydroxyl groups is 1. The molecule has 7 heteroatoms. The summed E-state index contributed by atoms with van der Waals surface area (Å²) in [4.78, 5) is 2.34. The molecule has 1 N–H and O–H groups in total. The molecule has 1 heterocycles. The normalized spacial score (nSPS) is 14.5. The highest BCUT2D eigenvalue weighted by Gasteiger charge is 2.33. The molecule has 2 aromatic carbocycles. The van der Waals surface area contributed by atoms with Gasteiger partial charge in [0.25, 0.3) is 0 Å². The van der Waals surface area contributed by atoms with Gasteiger partial charge in [-0.1, -0.05) is 55.3 Å². The van der Waals surface area contributed by atoms with Crippen LogP contribution in [0.15, 0.2) is 54.6 Å². The monoisotopic (exact) mass is 483 g/mol. The lowest BCUT2D eigenvalue weighted by Crippen LogP contribution is -2.36. The quantitative estimate of drug-likeness (QED) is 0.317. The predicted molar refractivity (Wildman–Crippen MR) is 135 cm³/mol. The average Bonchev–Trinajstić information content (AvgIpc) is 3.65. The lowest BCUT2D eigenvalue weighted by atomic mass is 10.1. The fraction of sp³-hybridized carbons (Fsp3) is 0.444. The van der Waals surface area contributed by atoms with Crippen molar-refractivity contribution in [2.24, 2.45) is 7.05 Å². The van der Waals surface area contributed by atoms with Crippen molar-refractivity contribution in [3.8, 4) is 22.9 Å².